The molecule has 0 saturated heterocycles. The van der Waals surface area contributed by atoms with E-state index in [2.05, 4.69) is 42.9 Å². The summed E-state index contributed by atoms with van der Waals surface area (Å²) in [6, 6.07) is 12.0. The summed E-state index contributed by atoms with van der Waals surface area (Å²) < 4.78 is 5.75. The first-order valence-corrected chi connectivity index (χ1v) is 6.36. The van der Waals surface area contributed by atoms with Gasteiger partial charge in [-0.05, 0) is 35.2 Å². The predicted molar refractivity (Wildman–Crippen MR) is 75.9 cm³/mol. The molecule has 0 bridgehead atoms. The number of nitrogens with zero attached hydrogens (tertiary/aromatic N) is 2. The van der Waals surface area contributed by atoms with Crippen LogP contribution in [0.3, 0.4) is 0 Å². The van der Waals surface area contributed by atoms with Gasteiger partial charge in [-0.25, -0.2) is 4.98 Å². The molecule has 0 radical (unpaired) electrons. The number of benzene rings is 1. The molecule has 96 valence electrons. The lowest BCUT2D eigenvalue weighted by molar-refractivity contribution is 0.588. The van der Waals surface area contributed by atoms with Crippen LogP contribution in [0.4, 0.5) is 0 Å². The number of fused-ring (bicyclic) bond motifs is 1. The normalized spacial score (nSPS) is 11.9. The number of aromatic nitrogens is 2. The van der Waals surface area contributed by atoms with Crippen molar-refractivity contribution in [2.75, 3.05) is 0 Å². The van der Waals surface area contributed by atoms with E-state index in [1.165, 1.54) is 5.56 Å². The Bertz CT molecular complexity index is 690. The second-order valence-electron chi connectivity index (χ2n) is 5.67. The zero-order chi connectivity index (χ0) is 13.5. The van der Waals surface area contributed by atoms with Crippen LogP contribution in [0.2, 0.25) is 0 Å². The van der Waals surface area contributed by atoms with Crippen molar-refractivity contribution < 1.29 is 4.42 Å². The Hall–Kier alpha value is -2.16. The fourth-order valence-corrected chi connectivity index (χ4v) is 2.01. The molecule has 0 N–H and O–H groups in total. The quantitative estimate of drug-likeness (QED) is 0.652. The third kappa shape index (κ3) is 2.24. The average molecular weight is 252 g/mol. The first-order chi connectivity index (χ1) is 9.04. The van der Waals surface area contributed by atoms with Gasteiger partial charge < -0.3 is 4.42 Å². The predicted octanol–water partition coefficient (Wildman–Crippen LogP) is 4.19. The zero-order valence-corrected chi connectivity index (χ0v) is 11.3. The molecular formula is C16H16N2O. The Balaban J connectivity index is 2.11. The molecule has 0 saturated carbocycles. The van der Waals surface area contributed by atoms with Gasteiger partial charge in [-0.15, -0.1) is 0 Å². The van der Waals surface area contributed by atoms with Crippen molar-refractivity contribution in [3.8, 4) is 11.5 Å². The Morgan fingerprint density at radius 2 is 1.89 bits per heavy atom. The number of oxazole rings is 1. The van der Waals surface area contributed by atoms with E-state index in [0.29, 0.717) is 11.5 Å². The fourth-order valence-electron chi connectivity index (χ4n) is 2.01. The maximum absolute atomic E-state index is 5.75. The van der Waals surface area contributed by atoms with Crippen LogP contribution in [0, 0.1) is 0 Å². The molecule has 3 heteroatoms. The van der Waals surface area contributed by atoms with Crippen molar-refractivity contribution in [3.05, 3.63) is 48.2 Å². The van der Waals surface area contributed by atoms with Crippen LogP contribution in [-0.2, 0) is 5.41 Å². The Kier molecular flexibility index (Phi) is 2.63. The van der Waals surface area contributed by atoms with Gasteiger partial charge in [0.25, 0.3) is 0 Å². The van der Waals surface area contributed by atoms with Crippen LogP contribution in [0.25, 0.3) is 22.7 Å². The van der Waals surface area contributed by atoms with Crippen LogP contribution < -0.4 is 0 Å². The van der Waals surface area contributed by atoms with Crippen LogP contribution in [0.15, 0.2) is 47.0 Å². The van der Waals surface area contributed by atoms with Crippen molar-refractivity contribution in [2.24, 2.45) is 0 Å². The molecule has 0 unspecified atom stereocenters. The van der Waals surface area contributed by atoms with E-state index in [0.717, 1.165) is 11.1 Å². The van der Waals surface area contributed by atoms with Gasteiger partial charge in [0.05, 0.1) is 0 Å². The third-order valence-electron chi connectivity index (χ3n) is 3.14. The first kappa shape index (κ1) is 11.9. The third-order valence-corrected chi connectivity index (χ3v) is 3.14. The zero-order valence-electron chi connectivity index (χ0n) is 11.3. The van der Waals surface area contributed by atoms with Gasteiger partial charge in [0, 0.05) is 11.8 Å². The van der Waals surface area contributed by atoms with Crippen molar-refractivity contribution in [1.29, 1.82) is 0 Å². The molecule has 0 amide bonds. The Labute approximate surface area is 112 Å². The molecule has 3 aromatic rings. The molecule has 0 aliphatic carbocycles. The number of pyridine rings is 1. The Morgan fingerprint density at radius 3 is 2.63 bits per heavy atom. The Morgan fingerprint density at radius 1 is 1.05 bits per heavy atom. The molecule has 0 aliphatic heterocycles. The summed E-state index contributed by atoms with van der Waals surface area (Å²) in [5, 5.41) is 0. The molecular weight excluding hydrogens is 236 g/mol. The highest BCUT2D eigenvalue weighted by molar-refractivity contribution is 5.72. The highest BCUT2D eigenvalue weighted by atomic mass is 16.3. The summed E-state index contributed by atoms with van der Waals surface area (Å²) in [7, 11) is 0. The monoisotopic (exact) mass is 252 g/mol. The molecule has 2 heterocycles. The molecule has 3 nitrogen and oxygen atoms in total. The van der Waals surface area contributed by atoms with Gasteiger partial charge in [-0.2, -0.15) is 4.98 Å². The molecule has 0 spiro atoms. The summed E-state index contributed by atoms with van der Waals surface area (Å²) in [6.07, 6.45) is 1.72. The van der Waals surface area contributed by atoms with Gasteiger partial charge in [-0.1, -0.05) is 32.9 Å². The summed E-state index contributed by atoms with van der Waals surface area (Å²) in [5.41, 5.74) is 3.74. The van der Waals surface area contributed by atoms with E-state index in [1.54, 1.807) is 6.20 Å². The van der Waals surface area contributed by atoms with E-state index >= 15 is 0 Å². The minimum atomic E-state index is 0.111. The maximum atomic E-state index is 5.75. The van der Waals surface area contributed by atoms with Crippen molar-refractivity contribution >= 4 is 11.2 Å². The minimum Gasteiger partial charge on any atom is -0.434 e. The molecule has 19 heavy (non-hydrogen) atoms. The summed E-state index contributed by atoms with van der Waals surface area (Å²) in [6.45, 7) is 6.58. The number of hydrogen-bond donors (Lipinski definition) is 0. The lowest BCUT2D eigenvalue weighted by atomic mass is 9.86. The van der Waals surface area contributed by atoms with Crippen LogP contribution in [-0.4, -0.2) is 9.97 Å². The number of hydrogen-bond acceptors (Lipinski definition) is 3. The first-order valence-electron chi connectivity index (χ1n) is 6.36. The van der Waals surface area contributed by atoms with Gasteiger partial charge in [0.1, 0.15) is 0 Å². The highest BCUT2D eigenvalue weighted by Gasteiger charge is 2.15. The summed E-state index contributed by atoms with van der Waals surface area (Å²) in [4.78, 5) is 8.62. The smallest absolute Gasteiger partial charge is 0.228 e. The number of rotatable bonds is 1. The molecule has 3 rings (SSSR count). The molecule has 2 aromatic heterocycles. The molecule has 1 aromatic carbocycles. The standard InChI is InChI=1S/C16H16N2O/c1-16(2,3)12-7-4-6-11(10-12)15-18-14-13(19-15)8-5-9-17-14/h4-10H,1-3H3. The van der Waals surface area contributed by atoms with Crippen LogP contribution in [0.1, 0.15) is 26.3 Å². The highest BCUT2D eigenvalue weighted by Crippen LogP contribution is 2.28. The average Bonchev–Trinajstić information content (AvgIpc) is 2.81. The molecule has 0 fully saturated rings. The largest absolute Gasteiger partial charge is 0.434 e. The summed E-state index contributed by atoms with van der Waals surface area (Å²) in [5.74, 6) is 0.625. The van der Waals surface area contributed by atoms with E-state index in [-0.39, 0.29) is 5.41 Å². The fraction of sp³-hybridized carbons (Fsp3) is 0.250. The van der Waals surface area contributed by atoms with Crippen molar-refractivity contribution in [2.45, 2.75) is 26.2 Å². The maximum Gasteiger partial charge on any atom is 0.228 e. The second-order valence-corrected chi connectivity index (χ2v) is 5.67. The van der Waals surface area contributed by atoms with Crippen molar-refractivity contribution in [3.63, 3.8) is 0 Å². The lowest BCUT2D eigenvalue weighted by Crippen LogP contribution is -2.10. The van der Waals surface area contributed by atoms with E-state index in [9.17, 15) is 0 Å². The second kappa shape index (κ2) is 4.19. The lowest BCUT2D eigenvalue weighted by Gasteiger charge is -2.19. The van der Waals surface area contributed by atoms with Crippen molar-refractivity contribution in [1.82, 2.24) is 9.97 Å². The van der Waals surface area contributed by atoms with E-state index < -0.39 is 0 Å². The minimum absolute atomic E-state index is 0.111. The van der Waals surface area contributed by atoms with E-state index in [4.69, 9.17) is 4.42 Å². The topological polar surface area (TPSA) is 38.9 Å². The SMILES string of the molecule is CC(C)(C)c1cccc(-c2nc3ncccc3o2)c1. The van der Waals surface area contributed by atoms with Crippen LogP contribution in [0.5, 0.6) is 0 Å². The molecule has 0 aliphatic rings. The van der Waals surface area contributed by atoms with Gasteiger partial charge >= 0.3 is 0 Å². The van der Waals surface area contributed by atoms with Gasteiger partial charge in [-0.3, -0.25) is 0 Å². The summed E-state index contributed by atoms with van der Waals surface area (Å²) >= 11 is 0. The van der Waals surface area contributed by atoms with Crippen LogP contribution >= 0.6 is 0 Å². The van der Waals surface area contributed by atoms with Gasteiger partial charge in [0.2, 0.25) is 5.89 Å². The molecule has 0 atom stereocenters. The van der Waals surface area contributed by atoms with Gasteiger partial charge in [0.15, 0.2) is 11.2 Å². The van der Waals surface area contributed by atoms with E-state index in [1.807, 2.05) is 24.3 Å².